The van der Waals surface area contributed by atoms with Crippen LogP contribution in [0.5, 0.6) is 0 Å². The second kappa shape index (κ2) is 9.46. The van der Waals surface area contributed by atoms with Gasteiger partial charge in [-0.1, -0.05) is 35.9 Å². The van der Waals surface area contributed by atoms with Gasteiger partial charge < -0.3 is 20.1 Å². The number of hydrogen-bond acceptors (Lipinski definition) is 4. The van der Waals surface area contributed by atoms with Crippen LogP contribution in [0.1, 0.15) is 63.0 Å². The Morgan fingerprint density at radius 3 is 2.51 bits per heavy atom. The predicted octanol–water partition coefficient (Wildman–Crippen LogP) is 3.26. The van der Waals surface area contributed by atoms with Crippen LogP contribution in [-0.4, -0.2) is 43.8 Å². The van der Waals surface area contributed by atoms with E-state index in [-0.39, 0.29) is 48.2 Å². The predicted molar refractivity (Wildman–Crippen MR) is 135 cm³/mol. The molecule has 3 amide bonds. The van der Waals surface area contributed by atoms with Gasteiger partial charge in [0, 0.05) is 19.1 Å². The molecule has 192 valence electrons. The van der Waals surface area contributed by atoms with Gasteiger partial charge >= 0.3 is 0 Å². The molecule has 3 aromatic rings. The maximum Gasteiger partial charge on any atom is 0.274 e. The first-order valence-electron chi connectivity index (χ1n) is 12.4. The largest absolute Gasteiger partial charge is 0.350 e. The zero-order chi connectivity index (χ0) is 26.3. The van der Waals surface area contributed by atoms with Gasteiger partial charge in [0.25, 0.3) is 11.8 Å². The Balaban J connectivity index is 1.36. The summed E-state index contributed by atoms with van der Waals surface area (Å²) in [6.45, 7) is 6.43. The Morgan fingerprint density at radius 1 is 1.08 bits per heavy atom. The van der Waals surface area contributed by atoms with Gasteiger partial charge in [-0.25, -0.2) is 9.37 Å². The van der Waals surface area contributed by atoms with Gasteiger partial charge in [-0.05, 0) is 62.4 Å². The van der Waals surface area contributed by atoms with Crippen LogP contribution < -0.4 is 10.6 Å². The van der Waals surface area contributed by atoms with Gasteiger partial charge in [0.2, 0.25) is 5.91 Å². The summed E-state index contributed by atoms with van der Waals surface area (Å²) in [6, 6.07) is 11.9. The molecule has 5 rings (SSSR count). The molecule has 9 heteroatoms. The van der Waals surface area contributed by atoms with Crippen molar-refractivity contribution >= 4 is 17.7 Å². The number of nitrogens with zero attached hydrogens (tertiary/aromatic N) is 3. The third-order valence-corrected chi connectivity index (χ3v) is 7.20. The van der Waals surface area contributed by atoms with Crippen molar-refractivity contribution < 1.29 is 18.8 Å². The fourth-order valence-electron chi connectivity index (χ4n) is 4.95. The van der Waals surface area contributed by atoms with Gasteiger partial charge in [-0.2, -0.15) is 0 Å². The van der Waals surface area contributed by atoms with Crippen LogP contribution in [-0.2, 0) is 24.4 Å². The molecule has 1 unspecified atom stereocenters. The lowest BCUT2D eigenvalue weighted by molar-refractivity contribution is -0.133. The number of aromatic nitrogens is 2. The fraction of sp³-hybridized carbons (Fsp3) is 0.357. The number of rotatable bonds is 7. The molecule has 1 saturated carbocycles. The number of hydrogen-bond donors (Lipinski definition) is 2. The van der Waals surface area contributed by atoms with Crippen LogP contribution >= 0.6 is 0 Å². The lowest BCUT2D eigenvalue weighted by Gasteiger charge is -2.44. The van der Waals surface area contributed by atoms with Crippen molar-refractivity contribution in [1.82, 2.24) is 25.1 Å². The van der Waals surface area contributed by atoms with Gasteiger partial charge in [0.1, 0.15) is 17.1 Å². The zero-order valence-corrected chi connectivity index (χ0v) is 21.2. The molecule has 1 atom stereocenters. The standard InChI is InChI=1S/C28H30FN5O3/c1-17-4-5-18(2)20(12-17)14-30-25(35)23-24-26(36)34(22-10-11-22)28(3,15-33(24)16-32-23)27(37)31-13-19-6-8-21(29)9-7-19/h4-9,12,16,22H,10-11,13-15H2,1-3H3,(H,30,35)(H,31,37). The van der Waals surface area contributed by atoms with Gasteiger partial charge in [-0.3, -0.25) is 14.4 Å². The summed E-state index contributed by atoms with van der Waals surface area (Å²) in [5.41, 5.74) is 3.03. The molecule has 8 nitrogen and oxygen atoms in total. The Hall–Kier alpha value is -4.01. The van der Waals surface area contributed by atoms with Crippen molar-refractivity contribution in [3.8, 4) is 0 Å². The molecule has 2 heterocycles. The summed E-state index contributed by atoms with van der Waals surface area (Å²) in [5, 5.41) is 5.80. The van der Waals surface area contributed by atoms with E-state index in [9.17, 15) is 18.8 Å². The van der Waals surface area contributed by atoms with E-state index in [4.69, 9.17) is 0 Å². The van der Waals surface area contributed by atoms with Crippen molar-refractivity contribution in [3.05, 3.63) is 88.3 Å². The minimum Gasteiger partial charge on any atom is -0.350 e. The molecule has 0 spiro atoms. The minimum atomic E-state index is -1.15. The molecule has 1 aliphatic heterocycles. The van der Waals surface area contributed by atoms with Crippen molar-refractivity contribution in [2.24, 2.45) is 0 Å². The number of amides is 3. The van der Waals surface area contributed by atoms with Crippen LogP contribution in [0.4, 0.5) is 4.39 Å². The molecular weight excluding hydrogens is 473 g/mol. The van der Waals surface area contributed by atoms with Gasteiger partial charge in [0.05, 0.1) is 12.9 Å². The summed E-state index contributed by atoms with van der Waals surface area (Å²) in [7, 11) is 0. The highest BCUT2D eigenvalue weighted by Crippen LogP contribution is 2.38. The highest BCUT2D eigenvalue weighted by Gasteiger charge is 2.53. The molecular formula is C28H30FN5O3. The molecule has 2 aromatic carbocycles. The maximum atomic E-state index is 13.8. The summed E-state index contributed by atoms with van der Waals surface area (Å²) in [6.07, 6.45) is 3.06. The lowest BCUT2D eigenvalue weighted by atomic mass is 9.93. The molecule has 0 saturated heterocycles. The van der Waals surface area contributed by atoms with Crippen molar-refractivity contribution in [3.63, 3.8) is 0 Å². The molecule has 37 heavy (non-hydrogen) atoms. The first kappa shape index (κ1) is 24.7. The maximum absolute atomic E-state index is 13.8. The summed E-state index contributed by atoms with van der Waals surface area (Å²) >= 11 is 0. The van der Waals surface area contributed by atoms with E-state index in [2.05, 4.69) is 15.6 Å². The Kier molecular flexibility index (Phi) is 6.31. The average molecular weight is 504 g/mol. The number of halogens is 1. The molecule has 1 fully saturated rings. The first-order valence-corrected chi connectivity index (χ1v) is 12.4. The van der Waals surface area contributed by atoms with Crippen molar-refractivity contribution in [2.75, 3.05) is 0 Å². The summed E-state index contributed by atoms with van der Waals surface area (Å²) in [5.74, 6) is -1.45. The van der Waals surface area contributed by atoms with E-state index >= 15 is 0 Å². The van der Waals surface area contributed by atoms with E-state index < -0.39 is 11.4 Å². The van der Waals surface area contributed by atoms with E-state index in [1.165, 1.54) is 18.5 Å². The number of nitrogens with one attached hydrogen (secondary N) is 2. The monoisotopic (exact) mass is 503 g/mol. The van der Waals surface area contributed by atoms with E-state index in [0.717, 1.165) is 35.1 Å². The van der Waals surface area contributed by atoms with Crippen LogP contribution in [0.15, 0.2) is 48.8 Å². The van der Waals surface area contributed by atoms with Crippen molar-refractivity contribution in [1.29, 1.82) is 0 Å². The van der Waals surface area contributed by atoms with Crippen LogP contribution in [0.3, 0.4) is 0 Å². The lowest BCUT2D eigenvalue weighted by Crippen LogP contribution is -2.64. The number of carbonyl (C=O) groups excluding carboxylic acids is 3. The van der Waals surface area contributed by atoms with Crippen LogP contribution in [0, 0.1) is 19.7 Å². The number of aryl methyl sites for hydroxylation is 2. The summed E-state index contributed by atoms with van der Waals surface area (Å²) in [4.78, 5) is 46.2. The number of benzene rings is 2. The molecule has 1 aromatic heterocycles. The molecule has 1 aliphatic carbocycles. The molecule has 2 aliphatic rings. The SMILES string of the molecule is Cc1ccc(C)c(CNC(=O)c2ncn3c2C(=O)N(C2CC2)C(C)(C(=O)NCc2ccc(F)cc2)C3)c1. The normalized spacial score (nSPS) is 18.9. The van der Waals surface area contributed by atoms with E-state index in [0.29, 0.717) is 6.54 Å². The van der Waals surface area contributed by atoms with Crippen LogP contribution in [0.2, 0.25) is 0 Å². The quantitative estimate of drug-likeness (QED) is 0.517. The van der Waals surface area contributed by atoms with Gasteiger partial charge in [-0.15, -0.1) is 0 Å². The molecule has 2 N–H and O–H groups in total. The smallest absolute Gasteiger partial charge is 0.274 e. The Bertz CT molecular complexity index is 1380. The first-order chi connectivity index (χ1) is 17.7. The number of fused-ring (bicyclic) bond motifs is 1. The van der Waals surface area contributed by atoms with E-state index in [1.54, 1.807) is 28.5 Å². The minimum absolute atomic E-state index is 0.0646. The topological polar surface area (TPSA) is 96.3 Å². The molecule has 0 bridgehead atoms. The Labute approximate surface area is 214 Å². The second-order valence-electron chi connectivity index (χ2n) is 10.2. The molecule has 0 radical (unpaired) electrons. The highest BCUT2D eigenvalue weighted by atomic mass is 19.1. The van der Waals surface area contributed by atoms with Gasteiger partial charge in [0.15, 0.2) is 5.69 Å². The third-order valence-electron chi connectivity index (χ3n) is 7.20. The third kappa shape index (κ3) is 4.73. The number of imidazole rings is 1. The zero-order valence-electron chi connectivity index (χ0n) is 21.2. The Morgan fingerprint density at radius 2 is 1.81 bits per heavy atom. The second-order valence-corrected chi connectivity index (χ2v) is 10.2. The van der Waals surface area contributed by atoms with Crippen molar-refractivity contribution in [2.45, 2.75) is 64.8 Å². The average Bonchev–Trinajstić information content (AvgIpc) is 3.61. The summed E-state index contributed by atoms with van der Waals surface area (Å²) < 4.78 is 14.8. The van der Waals surface area contributed by atoms with E-state index in [1.807, 2.05) is 32.0 Å². The van der Waals surface area contributed by atoms with Crippen LogP contribution in [0.25, 0.3) is 0 Å². The highest BCUT2D eigenvalue weighted by molar-refractivity contribution is 6.07. The fourth-order valence-corrected chi connectivity index (χ4v) is 4.95. The number of carbonyl (C=O) groups is 3.